The Labute approximate surface area is 189 Å². The van der Waals surface area contributed by atoms with Crippen LogP contribution in [0.4, 0.5) is 0 Å². The topological polar surface area (TPSA) is 61.8 Å². The standard InChI is InChI=1S/C24H37BrN2O3/c1-3-23(28)24(29)26-20-6-4-17(5-7-20)10-12-27-13-11-18(16-27)14-19-15-21(30-2)8-9-22(19)25/h8-9,15,17-18,20,23,28H,3-7,10-14,16H2,1-2H3,(H,26,29). The van der Waals surface area contributed by atoms with E-state index in [4.69, 9.17) is 4.74 Å². The number of aliphatic hydroxyl groups excluding tert-OH is 1. The molecule has 0 bridgehead atoms. The highest BCUT2D eigenvalue weighted by atomic mass is 79.9. The number of benzene rings is 1. The normalized spacial score (nSPS) is 25.8. The van der Waals surface area contributed by atoms with E-state index in [2.05, 4.69) is 38.3 Å². The summed E-state index contributed by atoms with van der Waals surface area (Å²) < 4.78 is 6.56. The fourth-order valence-electron chi connectivity index (χ4n) is 4.87. The molecule has 1 aromatic carbocycles. The Morgan fingerprint density at radius 1 is 1.27 bits per heavy atom. The third kappa shape index (κ3) is 6.69. The maximum absolute atomic E-state index is 11.9. The van der Waals surface area contributed by atoms with Gasteiger partial charge in [-0.25, -0.2) is 0 Å². The van der Waals surface area contributed by atoms with Gasteiger partial charge in [-0.2, -0.15) is 0 Å². The predicted molar refractivity (Wildman–Crippen MR) is 124 cm³/mol. The number of ether oxygens (including phenoxy) is 1. The van der Waals surface area contributed by atoms with Crippen LogP contribution in [0.2, 0.25) is 0 Å². The second-order valence-electron chi connectivity index (χ2n) is 9.06. The van der Waals surface area contributed by atoms with E-state index in [0.29, 0.717) is 12.3 Å². The van der Waals surface area contributed by atoms with Crippen LogP contribution < -0.4 is 10.1 Å². The molecule has 1 amide bonds. The molecule has 0 aromatic heterocycles. The molecule has 5 nitrogen and oxygen atoms in total. The van der Waals surface area contributed by atoms with Crippen LogP contribution in [0, 0.1) is 11.8 Å². The first-order valence-corrected chi connectivity index (χ1v) is 12.3. The minimum atomic E-state index is -0.858. The number of methoxy groups -OCH3 is 1. The molecule has 0 spiro atoms. The van der Waals surface area contributed by atoms with Crippen LogP contribution in [0.3, 0.4) is 0 Å². The molecule has 1 saturated heterocycles. The van der Waals surface area contributed by atoms with Crippen LogP contribution >= 0.6 is 15.9 Å². The Morgan fingerprint density at radius 2 is 2.03 bits per heavy atom. The van der Waals surface area contributed by atoms with Crippen LogP contribution in [0.25, 0.3) is 0 Å². The molecule has 30 heavy (non-hydrogen) atoms. The number of halogens is 1. The van der Waals surface area contributed by atoms with Gasteiger partial charge in [0.2, 0.25) is 5.91 Å². The summed E-state index contributed by atoms with van der Waals surface area (Å²) in [7, 11) is 1.72. The van der Waals surface area contributed by atoms with E-state index in [0.717, 1.165) is 30.9 Å². The fourth-order valence-corrected chi connectivity index (χ4v) is 5.28. The largest absolute Gasteiger partial charge is 0.497 e. The molecular formula is C24H37BrN2O3. The quantitative estimate of drug-likeness (QED) is 0.556. The number of hydrogen-bond acceptors (Lipinski definition) is 4. The molecule has 1 saturated carbocycles. The number of aliphatic hydroxyl groups is 1. The van der Waals surface area contributed by atoms with Gasteiger partial charge in [0.05, 0.1) is 7.11 Å². The van der Waals surface area contributed by atoms with Crippen molar-refractivity contribution in [1.82, 2.24) is 10.2 Å². The molecule has 168 valence electrons. The zero-order valence-corrected chi connectivity index (χ0v) is 20.0. The lowest BCUT2D eigenvalue weighted by Crippen LogP contribution is -2.43. The van der Waals surface area contributed by atoms with Gasteiger partial charge < -0.3 is 20.1 Å². The van der Waals surface area contributed by atoms with Gasteiger partial charge in [-0.05, 0) is 100 Å². The summed E-state index contributed by atoms with van der Waals surface area (Å²) in [4.78, 5) is 14.5. The number of carbonyl (C=O) groups is 1. The van der Waals surface area contributed by atoms with Crippen molar-refractivity contribution >= 4 is 21.8 Å². The zero-order valence-electron chi connectivity index (χ0n) is 18.4. The molecule has 1 heterocycles. The Bertz CT molecular complexity index is 691. The Hall–Kier alpha value is -1.11. The highest BCUT2D eigenvalue weighted by molar-refractivity contribution is 9.10. The van der Waals surface area contributed by atoms with Gasteiger partial charge in [-0.1, -0.05) is 22.9 Å². The van der Waals surface area contributed by atoms with E-state index in [1.807, 2.05) is 13.0 Å². The van der Waals surface area contributed by atoms with Crippen molar-refractivity contribution in [3.63, 3.8) is 0 Å². The van der Waals surface area contributed by atoms with E-state index < -0.39 is 6.10 Å². The second-order valence-corrected chi connectivity index (χ2v) is 9.91. The summed E-state index contributed by atoms with van der Waals surface area (Å²) in [5.74, 6) is 2.20. The van der Waals surface area contributed by atoms with Crippen LogP contribution in [-0.2, 0) is 11.2 Å². The lowest BCUT2D eigenvalue weighted by atomic mass is 9.84. The molecule has 2 N–H and O–H groups in total. The van der Waals surface area contributed by atoms with Crippen molar-refractivity contribution in [1.29, 1.82) is 0 Å². The van der Waals surface area contributed by atoms with E-state index in [1.165, 1.54) is 55.4 Å². The first-order chi connectivity index (χ1) is 14.5. The third-order valence-electron chi connectivity index (χ3n) is 6.87. The van der Waals surface area contributed by atoms with Gasteiger partial charge in [-0.3, -0.25) is 4.79 Å². The highest BCUT2D eigenvalue weighted by Crippen LogP contribution is 2.30. The first-order valence-electron chi connectivity index (χ1n) is 11.5. The molecule has 1 aliphatic heterocycles. The van der Waals surface area contributed by atoms with Crippen molar-refractivity contribution in [2.24, 2.45) is 11.8 Å². The van der Waals surface area contributed by atoms with Gasteiger partial charge in [0.1, 0.15) is 11.9 Å². The highest BCUT2D eigenvalue weighted by Gasteiger charge is 2.27. The molecule has 2 aliphatic rings. The summed E-state index contributed by atoms with van der Waals surface area (Å²) in [5, 5.41) is 12.7. The van der Waals surface area contributed by atoms with E-state index in [1.54, 1.807) is 7.11 Å². The van der Waals surface area contributed by atoms with Crippen molar-refractivity contribution in [2.75, 3.05) is 26.7 Å². The lowest BCUT2D eigenvalue weighted by Gasteiger charge is -2.30. The minimum absolute atomic E-state index is 0.202. The van der Waals surface area contributed by atoms with Crippen molar-refractivity contribution in [3.8, 4) is 5.75 Å². The van der Waals surface area contributed by atoms with Crippen molar-refractivity contribution < 1.29 is 14.6 Å². The zero-order chi connectivity index (χ0) is 21.5. The molecular weight excluding hydrogens is 444 g/mol. The van der Waals surface area contributed by atoms with E-state index in [-0.39, 0.29) is 11.9 Å². The van der Waals surface area contributed by atoms with Crippen molar-refractivity contribution in [3.05, 3.63) is 28.2 Å². The average Bonchev–Trinajstić information content (AvgIpc) is 3.21. The summed E-state index contributed by atoms with van der Waals surface area (Å²) >= 11 is 3.69. The van der Waals surface area contributed by atoms with E-state index in [9.17, 15) is 9.90 Å². The second kappa shape index (κ2) is 11.5. The van der Waals surface area contributed by atoms with Crippen LogP contribution in [0.1, 0.15) is 57.4 Å². The van der Waals surface area contributed by atoms with Crippen LogP contribution in [0.5, 0.6) is 5.75 Å². The fraction of sp³-hybridized carbons (Fsp3) is 0.708. The van der Waals surface area contributed by atoms with Gasteiger partial charge >= 0.3 is 0 Å². The number of likely N-dealkylation sites (tertiary alicyclic amines) is 1. The molecule has 2 atom stereocenters. The van der Waals surface area contributed by atoms with Crippen molar-refractivity contribution in [2.45, 2.75) is 70.4 Å². The summed E-state index contributed by atoms with van der Waals surface area (Å²) in [5.41, 5.74) is 1.34. The SMILES string of the molecule is CCC(O)C(=O)NC1CCC(CCN2CCC(Cc3cc(OC)ccc3Br)C2)CC1. The van der Waals surface area contributed by atoms with Gasteiger partial charge in [0.15, 0.2) is 0 Å². The molecule has 3 rings (SSSR count). The minimum Gasteiger partial charge on any atom is -0.497 e. The molecule has 0 radical (unpaired) electrons. The third-order valence-corrected chi connectivity index (χ3v) is 7.64. The molecule has 1 aromatic rings. The Morgan fingerprint density at radius 3 is 2.73 bits per heavy atom. The number of nitrogens with zero attached hydrogens (tertiary/aromatic N) is 1. The molecule has 2 fully saturated rings. The lowest BCUT2D eigenvalue weighted by molar-refractivity contribution is -0.130. The summed E-state index contributed by atoms with van der Waals surface area (Å²) in [6.07, 6.45) is 7.69. The predicted octanol–water partition coefficient (Wildman–Crippen LogP) is 4.16. The Kier molecular flexibility index (Phi) is 9.02. The molecule has 1 aliphatic carbocycles. The number of nitrogens with one attached hydrogen (secondary N) is 1. The number of amides is 1. The maximum atomic E-state index is 11.9. The average molecular weight is 481 g/mol. The summed E-state index contributed by atoms with van der Waals surface area (Å²) in [6, 6.07) is 6.49. The maximum Gasteiger partial charge on any atom is 0.249 e. The van der Waals surface area contributed by atoms with E-state index >= 15 is 0 Å². The Balaban J connectivity index is 1.35. The van der Waals surface area contributed by atoms with Gasteiger partial charge in [0.25, 0.3) is 0 Å². The number of hydrogen-bond donors (Lipinski definition) is 2. The first kappa shape index (κ1) is 23.6. The van der Waals surface area contributed by atoms with Crippen LogP contribution in [-0.4, -0.2) is 54.8 Å². The monoisotopic (exact) mass is 480 g/mol. The van der Waals surface area contributed by atoms with Gasteiger partial charge in [-0.15, -0.1) is 0 Å². The molecule has 6 heteroatoms. The van der Waals surface area contributed by atoms with Gasteiger partial charge in [0, 0.05) is 17.1 Å². The number of carbonyl (C=O) groups excluding carboxylic acids is 1. The number of rotatable bonds is 9. The summed E-state index contributed by atoms with van der Waals surface area (Å²) in [6.45, 7) is 5.40. The smallest absolute Gasteiger partial charge is 0.249 e. The van der Waals surface area contributed by atoms with Crippen LogP contribution in [0.15, 0.2) is 22.7 Å². The molecule has 2 unspecified atom stereocenters.